The van der Waals surface area contributed by atoms with Crippen LogP contribution in [0, 0.1) is 37.5 Å². The number of benzene rings is 2. The van der Waals surface area contributed by atoms with Crippen molar-refractivity contribution in [3.63, 3.8) is 0 Å². The van der Waals surface area contributed by atoms with Crippen molar-refractivity contribution in [3.8, 4) is 0 Å². The molecule has 0 N–H and O–H groups in total. The Balaban J connectivity index is 1.76. The fraction of sp³-hybridized carbons (Fsp3) is 0.375. The van der Waals surface area contributed by atoms with Gasteiger partial charge < -0.3 is 0 Å². The summed E-state index contributed by atoms with van der Waals surface area (Å²) >= 11 is 0. The molecule has 25 heavy (non-hydrogen) atoms. The third-order valence-electron chi connectivity index (χ3n) is 6.66. The van der Waals surface area contributed by atoms with Crippen molar-refractivity contribution in [2.75, 3.05) is 0 Å². The molecule has 0 spiro atoms. The number of allylic oxidation sites excluding steroid dienone is 2. The first-order valence-corrected chi connectivity index (χ1v) is 9.56. The number of rotatable bonds is 2. The van der Waals surface area contributed by atoms with Gasteiger partial charge in [0.2, 0.25) is 0 Å². The third-order valence-corrected chi connectivity index (χ3v) is 6.66. The van der Waals surface area contributed by atoms with E-state index in [0.717, 1.165) is 11.1 Å². The number of carbonyl (C=O) groups excluding carboxylic acids is 1. The van der Waals surface area contributed by atoms with Gasteiger partial charge >= 0.3 is 0 Å². The van der Waals surface area contributed by atoms with Gasteiger partial charge in [-0.2, -0.15) is 0 Å². The lowest BCUT2D eigenvalue weighted by Crippen LogP contribution is -2.24. The first-order valence-electron chi connectivity index (χ1n) is 9.56. The minimum atomic E-state index is 0.241. The quantitative estimate of drug-likeness (QED) is 0.715. The Hall–Kier alpha value is -2.15. The second-order valence-corrected chi connectivity index (χ2v) is 8.28. The predicted molar refractivity (Wildman–Crippen MR) is 102 cm³/mol. The zero-order valence-corrected chi connectivity index (χ0v) is 15.0. The maximum Gasteiger partial charge on any atom is 0.167 e. The van der Waals surface area contributed by atoms with E-state index in [2.05, 4.69) is 62.4 Å². The van der Waals surface area contributed by atoms with Crippen LogP contribution in [0.1, 0.15) is 41.5 Å². The summed E-state index contributed by atoms with van der Waals surface area (Å²) in [6, 6.07) is 17.3. The Kier molecular flexibility index (Phi) is 3.28. The topological polar surface area (TPSA) is 17.1 Å². The molecule has 3 aliphatic rings. The van der Waals surface area contributed by atoms with Crippen LogP contribution in [-0.2, 0) is 4.79 Å². The molecule has 2 unspecified atom stereocenters. The van der Waals surface area contributed by atoms with Gasteiger partial charge in [0.15, 0.2) is 5.78 Å². The fourth-order valence-electron chi connectivity index (χ4n) is 5.92. The molecule has 2 fully saturated rings. The van der Waals surface area contributed by atoms with Crippen molar-refractivity contribution in [1.82, 2.24) is 0 Å². The van der Waals surface area contributed by atoms with Crippen LogP contribution < -0.4 is 0 Å². The molecule has 4 atom stereocenters. The molecule has 0 heterocycles. The van der Waals surface area contributed by atoms with E-state index < -0.39 is 0 Å². The SMILES string of the molecule is Cc1cc(C)cc(C2=C(c3ccccc3)C3C(C2=O)[C@H]2CC[C@@H]3C2)c1. The van der Waals surface area contributed by atoms with Gasteiger partial charge in [-0.25, -0.2) is 0 Å². The molecule has 5 rings (SSSR count). The molecule has 1 heteroatoms. The van der Waals surface area contributed by atoms with E-state index in [1.165, 1.54) is 41.5 Å². The molecule has 2 saturated carbocycles. The van der Waals surface area contributed by atoms with Gasteiger partial charge in [0.25, 0.3) is 0 Å². The van der Waals surface area contributed by atoms with Crippen LogP contribution in [-0.4, -0.2) is 5.78 Å². The molecule has 126 valence electrons. The van der Waals surface area contributed by atoms with E-state index in [0.29, 0.717) is 23.5 Å². The van der Waals surface area contributed by atoms with Crippen LogP contribution in [0.15, 0.2) is 48.5 Å². The van der Waals surface area contributed by atoms with Crippen molar-refractivity contribution in [2.45, 2.75) is 33.1 Å². The van der Waals surface area contributed by atoms with E-state index >= 15 is 0 Å². The maximum absolute atomic E-state index is 13.5. The number of Topliss-reactive ketones (excluding diaryl/α,β-unsaturated/α-hetero) is 1. The zero-order chi connectivity index (χ0) is 17.1. The Morgan fingerprint density at radius 3 is 2.12 bits per heavy atom. The minimum absolute atomic E-state index is 0.241. The molecule has 3 aliphatic carbocycles. The predicted octanol–water partition coefficient (Wildman–Crippen LogP) is 5.46. The van der Waals surface area contributed by atoms with Gasteiger partial charge in [0.05, 0.1) is 0 Å². The number of hydrogen-bond acceptors (Lipinski definition) is 1. The summed E-state index contributed by atoms with van der Waals surface area (Å²) in [4.78, 5) is 13.5. The average Bonchev–Trinajstić information content (AvgIpc) is 3.27. The molecular weight excluding hydrogens is 304 g/mol. The van der Waals surface area contributed by atoms with Gasteiger partial charge in [-0.05, 0) is 67.6 Å². The fourth-order valence-corrected chi connectivity index (χ4v) is 5.92. The molecule has 0 amide bonds. The van der Waals surface area contributed by atoms with Crippen LogP contribution in [0.5, 0.6) is 0 Å². The molecule has 0 aliphatic heterocycles. The van der Waals surface area contributed by atoms with Crippen molar-refractivity contribution in [1.29, 1.82) is 0 Å². The largest absolute Gasteiger partial charge is 0.294 e. The average molecular weight is 328 g/mol. The first kappa shape index (κ1) is 15.1. The highest BCUT2D eigenvalue weighted by atomic mass is 16.1. The second kappa shape index (κ2) is 5.42. The number of fused-ring (bicyclic) bond motifs is 5. The molecule has 2 bridgehead atoms. The normalized spacial score (nSPS) is 30.2. The van der Waals surface area contributed by atoms with Crippen LogP contribution in [0.25, 0.3) is 11.1 Å². The third kappa shape index (κ3) is 2.18. The molecular formula is C24H24O. The molecule has 2 aromatic carbocycles. The molecule has 0 saturated heterocycles. The smallest absolute Gasteiger partial charge is 0.167 e. The standard InChI is InChI=1S/C24H24O/c1-14-10-15(2)12-19(11-14)23-20(16-6-4-3-5-7-16)21-17-8-9-18(13-17)22(21)24(23)25/h3-7,10-12,17-18,21-22H,8-9,13H2,1-2H3/t17-,18+,21?,22?/m1/s1. The lowest BCUT2D eigenvalue weighted by molar-refractivity contribution is -0.118. The maximum atomic E-state index is 13.5. The van der Waals surface area contributed by atoms with Crippen molar-refractivity contribution in [3.05, 3.63) is 70.8 Å². The number of ketones is 1. The highest BCUT2D eigenvalue weighted by molar-refractivity contribution is 6.33. The monoisotopic (exact) mass is 328 g/mol. The van der Waals surface area contributed by atoms with E-state index in [1.54, 1.807) is 0 Å². The van der Waals surface area contributed by atoms with E-state index in [-0.39, 0.29) is 5.92 Å². The van der Waals surface area contributed by atoms with E-state index in [1.807, 2.05) is 0 Å². The van der Waals surface area contributed by atoms with Crippen molar-refractivity contribution < 1.29 is 4.79 Å². The number of carbonyl (C=O) groups is 1. The first-order chi connectivity index (χ1) is 12.1. The molecule has 1 nitrogen and oxygen atoms in total. The summed E-state index contributed by atoms with van der Waals surface area (Å²) in [5.41, 5.74) is 7.23. The zero-order valence-electron chi connectivity index (χ0n) is 15.0. The highest BCUT2D eigenvalue weighted by Crippen LogP contribution is 2.62. The lowest BCUT2D eigenvalue weighted by Gasteiger charge is -2.26. The van der Waals surface area contributed by atoms with Crippen molar-refractivity contribution >= 4 is 16.9 Å². The summed E-state index contributed by atoms with van der Waals surface area (Å²) in [7, 11) is 0. The summed E-state index contributed by atoms with van der Waals surface area (Å²) < 4.78 is 0. The Labute approximate surface area is 149 Å². The van der Waals surface area contributed by atoms with Crippen LogP contribution >= 0.6 is 0 Å². The van der Waals surface area contributed by atoms with Gasteiger partial charge in [-0.15, -0.1) is 0 Å². The van der Waals surface area contributed by atoms with Crippen LogP contribution in [0.2, 0.25) is 0 Å². The number of aryl methyl sites for hydroxylation is 2. The molecule has 2 aromatic rings. The number of hydrogen-bond donors (Lipinski definition) is 0. The Morgan fingerprint density at radius 2 is 1.44 bits per heavy atom. The van der Waals surface area contributed by atoms with Gasteiger partial charge in [-0.1, -0.05) is 59.7 Å². The van der Waals surface area contributed by atoms with Gasteiger partial charge in [0, 0.05) is 11.5 Å². The van der Waals surface area contributed by atoms with Crippen LogP contribution in [0.3, 0.4) is 0 Å². The summed E-state index contributed by atoms with van der Waals surface area (Å²) in [6.45, 7) is 4.26. The molecule has 0 radical (unpaired) electrons. The minimum Gasteiger partial charge on any atom is -0.294 e. The Bertz CT molecular complexity index is 869. The van der Waals surface area contributed by atoms with Crippen LogP contribution in [0.4, 0.5) is 0 Å². The summed E-state index contributed by atoms with van der Waals surface area (Å²) in [5.74, 6) is 2.43. The van der Waals surface area contributed by atoms with Crippen molar-refractivity contribution in [2.24, 2.45) is 23.7 Å². The van der Waals surface area contributed by atoms with E-state index in [4.69, 9.17) is 0 Å². The molecule has 0 aromatic heterocycles. The highest BCUT2D eigenvalue weighted by Gasteiger charge is 2.57. The Morgan fingerprint density at radius 1 is 0.800 bits per heavy atom. The van der Waals surface area contributed by atoms with Gasteiger partial charge in [0.1, 0.15) is 0 Å². The van der Waals surface area contributed by atoms with Gasteiger partial charge in [-0.3, -0.25) is 4.79 Å². The lowest BCUT2D eigenvalue weighted by atomic mass is 9.77. The summed E-state index contributed by atoms with van der Waals surface area (Å²) in [5, 5.41) is 0. The van der Waals surface area contributed by atoms with E-state index in [9.17, 15) is 4.79 Å². The summed E-state index contributed by atoms with van der Waals surface area (Å²) in [6.07, 6.45) is 3.81. The second-order valence-electron chi connectivity index (χ2n) is 8.28.